The summed E-state index contributed by atoms with van der Waals surface area (Å²) in [6.07, 6.45) is 8.12. The summed E-state index contributed by atoms with van der Waals surface area (Å²) < 4.78 is 0. The molecule has 0 saturated heterocycles. The van der Waals surface area contributed by atoms with E-state index in [1.54, 1.807) is 11.3 Å². The van der Waals surface area contributed by atoms with Crippen LogP contribution in [0.15, 0.2) is 22.7 Å². The minimum Gasteiger partial charge on any atom is -0.390 e. The van der Waals surface area contributed by atoms with Gasteiger partial charge in [0.15, 0.2) is 0 Å². The summed E-state index contributed by atoms with van der Waals surface area (Å²) in [5.41, 5.74) is 1.38. The normalized spacial score (nSPS) is 39.8. The van der Waals surface area contributed by atoms with Crippen molar-refractivity contribution < 1.29 is 4.84 Å². The van der Waals surface area contributed by atoms with Gasteiger partial charge in [-0.15, -0.1) is 11.3 Å². The summed E-state index contributed by atoms with van der Waals surface area (Å²) in [6.45, 7) is 5.78. The van der Waals surface area contributed by atoms with E-state index in [0.717, 1.165) is 36.4 Å². The average Bonchev–Trinajstić information content (AvgIpc) is 3.11. The lowest BCUT2D eigenvalue weighted by Gasteiger charge is -2.47. The number of rotatable bonds is 4. The minimum atomic E-state index is 0.193. The van der Waals surface area contributed by atoms with Crippen molar-refractivity contribution in [2.24, 2.45) is 22.9 Å². The third-order valence-electron chi connectivity index (χ3n) is 5.90. The van der Waals surface area contributed by atoms with E-state index in [2.05, 4.69) is 41.8 Å². The highest BCUT2D eigenvalue weighted by Crippen LogP contribution is 2.47. The lowest BCUT2D eigenvalue weighted by Crippen LogP contribution is -2.51. The van der Waals surface area contributed by atoms with E-state index in [1.807, 2.05) is 0 Å². The summed E-state index contributed by atoms with van der Waals surface area (Å²) in [4.78, 5) is 6.93. The molecule has 3 unspecified atom stereocenters. The van der Waals surface area contributed by atoms with Crippen molar-refractivity contribution in [3.8, 4) is 0 Å². The number of fused-ring (bicyclic) bond motifs is 4. The molecule has 0 amide bonds. The topological polar surface area (TPSA) is 33.6 Å². The van der Waals surface area contributed by atoms with Crippen LogP contribution >= 0.6 is 11.3 Å². The Kier molecular flexibility index (Phi) is 4.22. The lowest BCUT2D eigenvalue weighted by molar-refractivity contribution is 0.0477. The number of thiophene rings is 1. The molecule has 3 aliphatic carbocycles. The summed E-state index contributed by atoms with van der Waals surface area (Å²) in [5, 5.41) is 10.3. The van der Waals surface area contributed by atoms with Crippen molar-refractivity contribution in [2.75, 3.05) is 6.54 Å². The monoisotopic (exact) mass is 332 g/mol. The average molecular weight is 333 g/mol. The molecule has 4 heteroatoms. The Labute approximate surface area is 143 Å². The number of hydrogen-bond acceptors (Lipinski definition) is 4. The van der Waals surface area contributed by atoms with E-state index in [4.69, 9.17) is 4.84 Å². The quantitative estimate of drug-likeness (QED) is 0.884. The zero-order valence-corrected chi connectivity index (χ0v) is 15.1. The Morgan fingerprint density at radius 2 is 2.17 bits per heavy atom. The molecular formula is C19H28N2OS. The summed E-state index contributed by atoms with van der Waals surface area (Å²) in [6, 6.07) is 4.21. The smallest absolute Gasteiger partial charge is 0.145 e. The first-order valence-corrected chi connectivity index (χ1v) is 9.99. The maximum Gasteiger partial charge on any atom is 0.145 e. The molecular weight excluding hydrogens is 304 g/mol. The Balaban J connectivity index is 1.31. The standard InChI is InChI=1S/C19H28N2OS/c1-13-6-14-7-15(8-14)11-19(2,10-13)20-12-16-9-17(21-22-16)18-4-3-5-23-18/h3-5,13-16,20H,6-12H2,1-2H3. The first-order valence-electron chi connectivity index (χ1n) is 9.11. The van der Waals surface area contributed by atoms with Crippen LogP contribution in [0.4, 0.5) is 0 Å². The van der Waals surface area contributed by atoms with Gasteiger partial charge in [0.05, 0.1) is 4.88 Å². The molecule has 0 spiro atoms. The van der Waals surface area contributed by atoms with Crippen molar-refractivity contribution in [3.63, 3.8) is 0 Å². The summed E-state index contributed by atoms with van der Waals surface area (Å²) in [7, 11) is 0. The predicted octanol–water partition coefficient (Wildman–Crippen LogP) is 4.44. The summed E-state index contributed by atoms with van der Waals surface area (Å²) >= 11 is 1.75. The van der Waals surface area contributed by atoms with Gasteiger partial charge in [-0.05, 0) is 68.2 Å². The van der Waals surface area contributed by atoms with Gasteiger partial charge < -0.3 is 10.2 Å². The van der Waals surface area contributed by atoms with Gasteiger partial charge in [0.1, 0.15) is 11.8 Å². The minimum absolute atomic E-state index is 0.193. The molecule has 1 aromatic rings. The third-order valence-corrected chi connectivity index (χ3v) is 6.82. The van der Waals surface area contributed by atoms with Gasteiger partial charge in [-0.2, -0.15) is 0 Å². The molecule has 1 N–H and O–H groups in total. The molecule has 3 nitrogen and oxygen atoms in total. The van der Waals surface area contributed by atoms with Crippen LogP contribution in [0, 0.1) is 17.8 Å². The van der Waals surface area contributed by atoms with Gasteiger partial charge in [-0.3, -0.25) is 0 Å². The van der Waals surface area contributed by atoms with E-state index < -0.39 is 0 Å². The molecule has 126 valence electrons. The van der Waals surface area contributed by atoms with E-state index in [1.165, 1.54) is 37.0 Å². The van der Waals surface area contributed by atoms with Crippen LogP contribution in [0.1, 0.15) is 57.2 Å². The van der Waals surface area contributed by atoms with Gasteiger partial charge >= 0.3 is 0 Å². The fourth-order valence-corrected chi connectivity index (χ4v) is 5.72. The second-order valence-corrected chi connectivity index (χ2v) is 9.29. The fraction of sp³-hybridized carbons (Fsp3) is 0.737. The van der Waals surface area contributed by atoms with Crippen molar-refractivity contribution in [2.45, 2.75) is 64.0 Å². The van der Waals surface area contributed by atoms with Crippen molar-refractivity contribution in [1.29, 1.82) is 0 Å². The van der Waals surface area contributed by atoms with Gasteiger partial charge in [0.2, 0.25) is 0 Å². The highest BCUT2D eigenvalue weighted by Gasteiger charge is 2.40. The zero-order valence-electron chi connectivity index (χ0n) is 14.3. The maximum atomic E-state index is 5.68. The maximum absolute atomic E-state index is 5.68. The van der Waals surface area contributed by atoms with Gasteiger partial charge in [0.25, 0.3) is 0 Å². The van der Waals surface area contributed by atoms with Crippen LogP contribution in [0.25, 0.3) is 0 Å². The van der Waals surface area contributed by atoms with Gasteiger partial charge in [0, 0.05) is 18.5 Å². The van der Waals surface area contributed by atoms with Crippen LogP contribution in [0.2, 0.25) is 0 Å². The fourth-order valence-electron chi connectivity index (χ4n) is 5.01. The van der Waals surface area contributed by atoms with Crippen LogP contribution in [0.3, 0.4) is 0 Å². The number of hydrogen-bond donors (Lipinski definition) is 1. The van der Waals surface area contributed by atoms with Crippen molar-refractivity contribution in [3.05, 3.63) is 22.4 Å². The van der Waals surface area contributed by atoms with Gasteiger partial charge in [-0.1, -0.05) is 18.1 Å². The highest BCUT2D eigenvalue weighted by molar-refractivity contribution is 7.12. The molecule has 5 rings (SSSR count). The van der Waals surface area contributed by atoms with Crippen LogP contribution in [-0.2, 0) is 4.84 Å². The Morgan fingerprint density at radius 1 is 1.30 bits per heavy atom. The van der Waals surface area contributed by atoms with Crippen LogP contribution < -0.4 is 5.32 Å². The second-order valence-electron chi connectivity index (χ2n) is 8.34. The largest absolute Gasteiger partial charge is 0.390 e. The lowest BCUT2D eigenvalue weighted by atomic mass is 9.62. The Bertz CT molecular complexity index is 560. The molecule has 2 heterocycles. The van der Waals surface area contributed by atoms with Crippen molar-refractivity contribution in [1.82, 2.24) is 5.32 Å². The van der Waals surface area contributed by atoms with Crippen LogP contribution in [-0.4, -0.2) is 23.9 Å². The molecule has 0 aromatic carbocycles. The summed E-state index contributed by atoms with van der Waals surface area (Å²) in [5.74, 6) is 2.81. The SMILES string of the molecule is CC1CC2CC(C2)CC(C)(NCC2CC(c3cccs3)=NO2)C1. The van der Waals surface area contributed by atoms with E-state index >= 15 is 0 Å². The van der Waals surface area contributed by atoms with E-state index in [-0.39, 0.29) is 11.6 Å². The number of nitrogens with one attached hydrogen (secondary N) is 1. The van der Waals surface area contributed by atoms with Gasteiger partial charge in [-0.25, -0.2) is 0 Å². The second kappa shape index (κ2) is 6.21. The zero-order chi connectivity index (χ0) is 15.9. The molecule has 23 heavy (non-hydrogen) atoms. The third kappa shape index (κ3) is 3.48. The number of oxime groups is 1. The molecule has 0 radical (unpaired) electrons. The molecule has 1 aliphatic heterocycles. The first kappa shape index (κ1) is 15.6. The molecule has 3 saturated carbocycles. The van der Waals surface area contributed by atoms with Crippen LogP contribution in [0.5, 0.6) is 0 Å². The molecule has 4 aliphatic rings. The highest BCUT2D eigenvalue weighted by atomic mass is 32.1. The first-order chi connectivity index (χ1) is 11.1. The number of nitrogens with zero attached hydrogens (tertiary/aromatic N) is 1. The predicted molar refractivity (Wildman–Crippen MR) is 96.0 cm³/mol. The molecule has 3 fully saturated rings. The van der Waals surface area contributed by atoms with Crippen molar-refractivity contribution >= 4 is 17.0 Å². The van der Waals surface area contributed by atoms with E-state index in [0.29, 0.717) is 0 Å². The Morgan fingerprint density at radius 3 is 2.96 bits per heavy atom. The van der Waals surface area contributed by atoms with E-state index in [9.17, 15) is 0 Å². The molecule has 2 bridgehead atoms. The molecule has 3 atom stereocenters. The Hall–Kier alpha value is -0.870. The molecule has 1 aromatic heterocycles.